The van der Waals surface area contributed by atoms with Crippen molar-refractivity contribution in [2.45, 2.75) is 77.1 Å². The van der Waals surface area contributed by atoms with Crippen molar-refractivity contribution in [3.63, 3.8) is 0 Å². The third-order valence-corrected chi connectivity index (χ3v) is 3.24. The summed E-state index contributed by atoms with van der Waals surface area (Å²) < 4.78 is 5.31. The van der Waals surface area contributed by atoms with E-state index < -0.39 is 5.60 Å². The minimum Gasteiger partial charge on any atom is -0.444 e. The SMILES string of the molecule is C=CC[C@H](C)N[C@@H]1CCC[C@H]1NC(=O)OC(C)(C)C. The highest BCUT2D eigenvalue weighted by Crippen LogP contribution is 2.20. The lowest BCUT2D eigenvalue weighted by Crippen LogP contribution is -2.50. The third kappa shape index (κ3) is 6.10. The molecule has 0 heterocycles. The molecule has 3 atom stereocenters. The van der Waals surface area contributed by atoms with Crippen molar-refractivity contribution in [1.82, 2.24) is 10.6 Å². The van der Waals surface area contributed by atoms with Crippen LogP contribution in [0.5, 0.6) is 0 Å². The average molecular weight is 268 g/mol. The molecule has 4 nitrogen and oxygen atoms in total. The van der Waals surface area contributed by atoms with Gasteiger partial charge in [0.1, 0.15) is 5.60 Å². The highest BCUT2D eigenvalue weighted by atomic mass is 16.6. The van der Waals surface area contributed by atoms with Gasteiger partial charge in [0.25, 0.3) is 0 Å². The number of hydrogen-bond donors (Lipinski definition) is 2. The molecule has 1 rings (SSSR count). The van der Waals surface area contributed by atoms with Crippen LogP contribution in [0, 0.1) is 0 Å². The lowest BCUT2D eigenvalue weighted by atomic mass is 10.1. The average Bonchev–Trinajstić information content (AvgIpc) is 2.62. The van der Waals surface area contributed by atoms with Gasteiger partial charge in [-0.25, -0.2) is 4.79 Å². The van der Waals surface area contributed by atoms with E-state index in [4.69, 9.17) is 4.74 Å². The Morgan fingerprint density at radius 2 is 2.05 bits per heavy atom. The fourth-order valence-electron chi connectivity index (χ4n) is 2.47. The molecular weight excluding hydrogens is 240 g/mol. The van der Waals surface area contributed by atoms with Crippen molar-refractivity contribution in [3.8, 4) is 0 Å². The summed E-state index contributed by atoms with van der Waals surface area (Å²) in [5, 5.41) is 6.54. The molecule has 0 aliphatic heterocycles. The molecular formula is C15H28N2O2. The molecule has 0 aromatic heterocycles. The summed E-state index contributed by atoms with van der Waals surface area (Å²) in [4.78, 5) is 11.8. The Hall–Kier alpha value is -1.03. The third-order valence-electron chi connectivity index (χ3n) is 3.24. The predicted octanol–water partition coefficient (Wildman–Crippen LogP) is 2.99. The van der Waals surface area contributed by atoms with Crippen molar-refractivity contribution in [2.75, 3.05) is 0 Å². The van der Waals surface area contributed by atoms with Crippen molar-refractivity contribution in [3.05, 3.63) is 12.7 Å². The second-order valence-corrected chi connectivity index (χ2v) is 6.38. The molecule has 19 heavy (non-hydrogen) atoms. The van der Waals surface area contributed by atoms with E-state index in [9.17, 15) is 4.79 Å². The molecule has 1 fully saturated rings. The summed E-state index contributed by atoms with van der Waals surface area (Å²) in [6, 6.07) is 0.896. The maximum atomic E-state index is 11.8. The number of ether oxygens (including phenoxy) is 1. The molecule has 0 aromatic rings. The Balaban J connectivity index is 2.43. The summed E-state index contributed by atoms with van der Waals surface area (Å²) in [5.41, 5.74) is -0.443. The molecule has 1 saturated carbocycles. The van der Waals surface area contributed by atoms with Crippen LogP contribution in [0.15, 0.2) is 12.7 Å². The topological polar surface area (TPSA) is 50.4 Å². The number of amides is 1. The number of nitrogens with one attached hydrogen (secondary N) is 2. The molecule has 1 amide bonds. The van der Waals surface area contributed by atoms with E-state index in [1.165, 1.54) is 0 Å². The van der Waals surface area contributed by atoms with Gasteiger partial charge in [-0.3, -0.25) is 0 Å². The first-order valence-electron chi connectivity index (χ1n) is 7.18. The molecule has 1 aliphatic carbocycles. The van der Waals surface area contributed by atoms with Crippen molar-refractivity contribution < 1.29 is 9.53 Å². The van der Waals surface area contributed by atoms with E-state index in [-0.39, 0.29) is 12.1 Å². The van der Waals surface area contributed by atoms with E-state index in [0.29, 0.717) is 12.1 Å². The van der Waals surface area contributed by atoms with Crippen LogP contribution in [-0.4, -0.2) is 29.8 Å². The van der Waals surface area contributed by atoms with Crippen LogP contribution >= 0.6 is 0 Å². The first-order valence-corrected chi connectivity index (χ1v) is 7.18. The largest absolute Gasteiger partial charge is 0.444 e. The Morgan fingerprint density at radius 1 is 1.42 bits per heavy atom. The highest BCUT2D eigenvalue weighted by Gasteiger charge is 2.30. The first kappa shape index (κ1) is 16.0. The van der Waals surface area contributed by atoms with E-state index >= 15 is 0 Å². The van der Waals surface area contributed by atoms with Gasteiger partial charge in [-0.05, 0) is 53.4 Å². The second kappa shape index (κ2) is 6.94. The normalized spacial score (nSPS) is 24.8. The molecule has 0 spiro atoms. The van der Waals surface area contributed by atoms with Gasteiger partial charge >= 0.3 is 6.09 Å². The van der Waals surface area contributed by atoms with E-state index in [2.05, 4.69) is 24.1 Å². The maximum absolute atomic E-state index is 11.8. The van der Waals surface area contributed by atoms with Gasteiger partial charge in [-0.15, -0.1) is 6.58 Å². The number of alkyl carbamates (subject to hydrolysis) is 1. The summed E-state index contributed by atoms with van der Waals surface area (Å²) in [6.45, 7) is 11.5. The molecule has 1 aliphatic rings. The lowest BCUT2D eigenvalue weighted by Gasteiger charge is -2.27. The predicted molar refractivity (Wildman–Crippen MR) is 78.2 cm³/mol. The molecule has 0 bridgehead atoms. The molecule has 0 unspecified atom stereocenters. The van der Waals surface area contributed by atoms with Crippen LogP contribution in [0.4, 0.5) is 4.79 Å². The van der Waals surface area contributed by atoms with Crippen molar-refractivity contribution in [1.29, 1.82) is 0 Å². The van der Waals surface area contributed by atoms with Gasteiger partial charge in [-0.2, -0.15) is 0 Å². The van der Waals surface area contributed by atoms with Crippen molar-refractivity contribution >= 4 is 6.09 Å². The number of hydrogen-bond acceptors (Lipinski definition) is 3. The summed E-state index contributed by atoms with van der Waals surface area (Å²) in [7, 11) is 0. The Morgan fingerprint density at radius 3 is 2.63 bits per heavy atom. The van der Waals surface area contributed by atoms with Crippen LogP contribution in [0.2, 0.25) is 0 Å². The van der Waals surface area contributed by atoms with E-state index in [0.717, 1.165) is 25.7 Å². The number of carbonyl (C=O) groups excluding carboxylic acids is 1. The Labute approximate surface area is 117 Å². The zero-order valence-corrected chi connectivity index (χ0v) is 12.7. The molecule has 110 valence electrons. The van der Waals surface area contributed by atoms with Gasteiger partial charge in [0.2, 0.25) is 0 Å². The summed E-state index contributed by atoms with van der Waals surface area (Å²) in [5.74, 6) is 0. The van der Waals surface area contributed by atoms with Gasteiger partial charge in [0, 0.05) is 18.1 Å². The second-order valence-electron chi connectivity index (χ2n) is 6.38. The van der Waals surface area contributed by atoms with Gasteiger partial charge < -0.3 is 15.4 Å². The fraction of sp³-hybridized carbons (Fsp3) is 0.800. The van der Waals surface area contributed by atoms with Crippen LogP contribution in [0.1, 0.15) is 53.4 Å². The van der Waals surface area contributed by atoms with Crippen LogP contribution in [0.3, 0.4) is 0 Å². The first-order chi connectivity index (χ1) is 8.81. The van der Waals surface area contributed by atoms with Crippen LogP contribution in [-0.2, 0) is 4.74 Å². The molecule has 4 heteroatoms. The monoisotopic (exact) mass is 268 g/mol. The van der Waals surface area contributed by atoms with E-state index in [1.807, 2.05) is 26.8 Å². The quantitative estimate of drug-likeness (QED) is 0.754. The smallest absolute Gasteiger partial charge is 0.407 e. The number of carbonyl (C=O) groups is 1. The van der Waals surface area contributed by atoms with Crippen molar-refractivity contribution in [2.24, 2.45) is 0 Å². The number of rotatable bonds is 5. The Bertz CT molecular complexity index is 310. The minimum atomic E-state index is -0.443. The van der Waals surface area contributed by atoms with Gasteiger partial charge in [0.05, 0.1) is 0 Å². The lowest BCUT2D eigenvalue weighted by molar-refractivity contribution is 0.0497. The van der Waals surface area contributed by atoms with E-state index in [1.54, 1.807) is 0 Å². The maximum Gasteiger partial charge on any atom is 0.407 e. The minimum absolute atomic E-state index is 0.169. The highest BCUT2D eigenvalue weighted by molar-refractivity contribution is 5.68. The zero-order valence-electron chi connectivity index (χ0n) is 12.7. The molecule has 2 N–H and O–H groups in total. The standard InChI is InChI=1S/C15H28N2O2/c1-6-8-11(2)16-12-9-7-10-13(12)17-14(18)19-15(3,4)5/h6,11-13,16H,1,7-10H2,2-5H3,(H,17,18)/t11-,12+,13+/m0/s1. The molecule has 0 radical (unpaired) electrons. The van der Waals surface area contributed by atoms with Crippen LogP contribution < -0.4 is 10.6 Å². The zero-order chi connectivity index (χ0) is 14.5. The summed E-state index contributed by atoms with van der Waals surface area (Å²) in [6.07, 6.45) is 5.79. The fourth-order valence-corrected chi connectivity index (χ4v) is 2.47. The van der Waals surface area contributed by atoms with Gasteiger partial charge in [0.15, 0.2) is 0 Å². The van der Waals surface area contributed by atoms with Crippen LogP contribution in [0.25, 0.3) is 0 Å². The summed E-state index contributed by atoms with van der Waals surface area (Å²) >= 11 is 0. The Kier molecular flexibility index (Phi) is 5.85. The molecule has 0 aromatic carbocycles. The molecule has 0 saturated heterocycles. The van der Waals surface area contributed by atoms with Gasteiger partial charge in [-0.1, -0.05) is 6.08 Å².